The second-order valence-electron chi connectivity index (χ2n) is 5.57. The molecule has 1 fully saturated rings. The van der Waals surface area contributed by atoms with Crippen LogP contribution in [0.1, 0.15) is 19.8 Å². The Bertz CT molecular complexity index is 802. The summed E-state index contributed by atoms with van der Waals surface area (Å²) >= 11 is 0. The first kappa shape index (κ1) is 13.6. The molecule has 1 aliphatic carbocycles. The molecule has 0 aliphatic heterocycles. The standard InChI is InChI=1S/C15H17N3O3/c1-9(10-6-7-10)16-13(19)8-18-15(21)12-5-3-2-4-11(12)14(20)17-18/h2-5,9-10H,6-8H2,1H3,(H,16,19)(H,17,20). The summed E-state index contributed by atoms with van der Waals surface area (Å²) in [7, 11) is 0. The zero-order valence-electron chi connectivity index (χ0n) is 11.8. The number of nitrogens with zero attached hydrogens (tertiary/aromatic N) is 1. The first-order valence-electron chi connectivity index (χ1n) is 7.07. The molecule has 2 N–H and O–H groups in total. The Morgan fingerprint density at radius 2 is 2.00 bits per heavy atom. The molecule has 0 saturated heterocycles. The lowest BCUT2D eigenvalue weighted by Crippen LogP contribution is -2.40. The van der Waals surface area contributed by atoms with Crippen molar-refractivity contribution >= 4 is 16.7 Å². The average Bonchev–Trinajstić information content (AvgIpc) is 3.29. The second kappa shape index (κ2) is 5.20. The van der Waals surface area contributed by atoms with E-state index in [2.05, 4.69) is 10.4 Å². The van der Waals surface area contributed by atoms with Gasteiger partial charge < -0.3 is 5.32 Å². The maximum atomic E-state index is 12.3. The van der Waals surface area contributed by atoms with E-state index in [1.807, 2.05) is 6.92 Å². The van der Waals surface area contributed by atoms with Crippen LogP contribution >= 0.6 is 0 Å². The van der Waals surface area contributed by atoms with Crippen LogP contribution in [-0.2, 0) is 11.3 Å². The van der Waals surface area contributed by atoms with Gasteiger partial charge in [0.05, 0.1) is 10.8 Å². The van der Waals surface area contributed by atoms with Crippen molar-refractivity contribution in [1.82, 2.24) is 15.1 Å². The summed E-state index contributed by atoms with van der Waals surface area (Å²) < 4.78 is 1.07. The number of fused-ring (bicyclic) bond motifs is 1. The molecule has 21 heavy (non-hydrogen) atoms. The van der Waals surface area contributed by atoms with Crippen LogP contribution in [-0.4, -0.2) is 21.7 Å². The lowest BCUT2D eigenvalue weighted by atomic mass is 10.2. The molecule has 0 spiro atoms. The monoisotopic (exact) mass is 287 g/mol. The van der Waals surface area contributed by atoms with Gasteiger partial charge in [-0.25, -0.2) is 4.68 Å². The highest BCUT2D eigenvalue weighted by Crippen LogP contribution is 2.32. The Morgan fingerprint density at radius 3 is 2.67 bits per heavy atom. The Morgan fingerprint density at radius 1 is 1.33 bits per heavy atom. The van der Waals surface area contributed by atoms with Gasteiger partial charge in [0.1, 0.15) is 6.54 Å². The van der Waals surface area contributed by atoms with Crippen LogP contribution in [0.5, 0.6) is 0 Å². The first-order chi connectivity index (χ1) is 10.1. The first-order valence-corrected chi connectivity index (χ1v) is 7.07. The molecule has 6 nitrogen and oxygen atoms in total. The number of carbonyl (C=O) groups is 1. The number of carbonyl (C=O) groups excluding carboxylic acids is 1. The van der Waals surface area contributed by atoms with E-state index in [1.165, 1.54) is 0 Å². The number of H-pyrrole nitrogens is 1. The van der Waals surface area contributed by atoms with Crippen LogP contribution in [0.25, 0.3) is 10.8 Å². The molecular weight excluding hydrogens is 270 g/mol. The van der Waals surface area contributed by atoms with Gasteiger partial charge >= 0.3 is 0 Å². The van der Waals surface area contributed by atoms with Crippen molar-refractivity contribution < 1.29 is 4.79 Å². The molecule has 2 aromatic rings. The maximum Gasteiger partial charge on any atom is 0.273 e. The van der Waals surface area contributed by atoms with Crippen molar-refractivity contribution in [3.05, 3.63) is 45.0 Å². The smallest absolute Gasteiger partial charge is 0.273 e. The molecule has 1 aromatic heterocycles. The fraction of sp³-hybridized carbons (Fsp3) is 0.400. The van der Waals surface area contributed by atoms with Crippen LogP contribution < -0.4 is 16.4 Å². The van der Waals surface area contributed by atoms with Crippen LogP contribution in [0.4, 0.5) is 0 Å². The SMILES string of the molecule is CC(NC(=O)Cn1[nH]c(=O)c2ccccc2c1=O)C1CC1. The minimum absolute atomic E-state index is 0.111. The largest absolute Gasteiger partial charge is 0.352 e. The number of benzene rings is 1. The second-order valence-corrected chi connectivity index (χ2v) is 5.57. The highest BCUT2D eigenvalue weighted by molar-refractivity contribution is 5.81. The van der Waals surface area contributed by atoms with Crippen LogP contribution in [0.15, 0.2) is 33.9 Å². The van der Waals surface area contributed by atoms with Gasteiger partial charge in [0, 0.05) is 6.04 Å². The molecular formula is C15H17N3O3. The van der Waals surface area contributed by atoms with Crippen molar-refractivity contribution in [2.75, 3.05) is 0 Å². The van der Waals surface area contributed by atoms with Gasteiger partial charge in [-0.1, -0.05) is 12.1 Å². The van der Waals surface area contributed by atoms with Gasteiger partial charge in [0.25, 0.3) is 11.1 Å². The molecule has 1 heterocycles. The van der Waals surface area contributed by atoms with Gasteiger partial charge in [-0.2, -0.15) is 0 Å². The Labute approximate surface area is 120 Å². The van der Waals surface area contributed by atoms with Crippen molar-refractivity contribution in [2.45, 2.75) is 32.4 Å². The highest BCUT2D eigenvalue weighted by Gasteiger charge is 2.28. The Balaban J connectivity index is 1.87. The van der Waals surface area contributed by atoms with E-state index in [-0.39, 0.29) is 29.6 Å². The number of nitrogens with one attached hydrogen (secondary N) is 2. The molecule has 0 bridgehead atoms. The summed E-state index contributed by atoms with van der Waals surface area (Å²) in [6, 6.07) is 6.69. The van der Waals surface area contributed by atoms with E-state index in [0.717, 1.165) is 17.5 Å². The third-order valence-electron chi connectivity index (χ3n) is 3.90. The normalized spacial score (nSPS) is 15.9. The molecule has 6 heteroatoms. The van der Waals surface area contributed by atoms with Gasteiger partial charge in [0.2, 0.25) is 5.91 Å². The molecule has 1 saturated carbocycles. The van der Waals surface area contributed by atoms with E-state index in [4.69, 9.17) is 0 Å². The molecule has 1 atom stereocenters. The predicted molar refractivity (Wildman–Crippen MR) is 79.2 cm³/mol. The summed E-state index contributed by atoms with van der Waals surface area (Å²) in [6.45, 7) is 1.79. The molecule has 0 radical (unpaired) electrons. The van der Waals surface area contributed by atoms with Crippen molar-refractivity contribution in [1.29, 1.82) is 0 Å². The summed E-state index contributed by atoms with van der Waals surface area (Å²) in [5, 5.41) is 5.98. The number of aromatic amines is 1. The molecule has 3 rings (SSSR count). The average molecular weight is 287 g/mol. The van der Waals surface area contributed by atoms with Gasteiger partial charge in [-0.15, -0.1) is 0 Å². The van der Waals surface area contributed by atoms with Crippen molar-refractivity contribution in [3.8, 4) is 0 Å². The number of hydrogen-bond donors (Lipinski definition) is 2. The van der Waals surface area contributed by atoms with Gasteiger partial charge in [-0.3, -0.25) is 19.5 Å². The molecule has 1 amide bonds. The minimum atomic E-state index is -0.367. The fourth-order valence-corrected chi connectivity index (χ4v) is 2.52. The minimum Gasteiger partial charge on any atom is -0.352 e. The van der Waals surface area contributed by atoms with E-state index in [0.29, 0.717) is 16.7 Å². The third-order valence-corrected chi connectivity index (χ3v) is 3.90. The number of aromatic nitrogens is 2. The van der Waals surface area contributed by atoms with Gasteiger partial charge in [-0.05, 0) is 37.8 Å². The number of rotatable bonds is 4. The lowest BCUT2D eigenvalue weighted by molar-refractivity contribution is -0.122. The quantitative estimate of drug-likeness (QED) is 0.864. The van der Waals surface area contributed by atoms with Gasteiger partial charge in [0.15, 0.2) is 0 Å². The topological polar surface area (TPSA) is 84.0 Å². The van der Waals surface area contributed by atoms with Crippen molar-refractivity contribution in [2.24, 2.45) is 5.92 Å². The summed E-state index contributed by atoms with van der Waals surface area (Å²) in [5.74, 6) is 0.281. The Kier molecular flexibility index (Phi) is 3.37. The third kappa shape index (κ3) is 2.74. The zero-order chi connectivity index (χ0) is 15.0. The van der Waals surface area contributed by atoms with E-state index < -0.39 is 0 Å². The summed E-state index contributed by atoms with van der Waals surface area (Å²) in [4.78, 5) is 36.1. The van der Waals surface area contributed by atoms with Crippen molar-refractivity contribution in [3.63, 3.8) is 0 Å². The predicted octanol–water partition coefficient (Wildman–Crippen LogP) is 0.604. The fourth-order valence-electron chi connectivity index (χ4n) is 2.52. The lowest BCUT2D eigenvalue weighted by Gasteiger charge is -2.13. The number of hydrogen-bond acceptors (Lipinski definition) is 3. The van der Waals surface area contributed by atoms with E-state index in [1.54, 1.807) is 24.3 Å². The Hall–Kier alpha value is -2.37. The molecule has 1 aromatic carbocycles. The van der Waals surface area contributed by atoms with Crippen LogP contribution in [0, 0.1) is 5.92 Å². The highest BCUT2D eigenvalue weighted by atomic mass is 16.2. The van der Waals surface area contributed by atoms with E-state index >= 15 is 0 Å². The molecule has 110 valence electrons. The van der Waals surface area contributed by atoms with E-state index in [9.17, 15) is 14.4 Å². The molecule has 1 aliphatic rings. The zero-order valence-corrected chi connectivity index (χ0v) is 11.8. The van der Waals surface area contributed by atoms with Crippen LogP contribution in [0.2, 0.25) is 0 Å². The summed E-state index contributed by atoms with van der Waals surface area (Å²) in [6.07, 6.45) is 2.27. The molecule has 1 unspecified atom stereocenters. The maximum absolute atomic E-state index is 12.3. The summed E-state index contributed by atoms with van der Waals surface area (Å²) in [5.41, 5.74) is -0.729. The van der Waals surface area contributed by atoms with Crippen LogP contribution in [0.3, 0.4) is 0 Å². The number of amides is 1.